The number of nitrogens with one attached hydrogen (secondary N) is 1. The molecule has 98 valence electrons. The highest BCUT2D eigenvalue weighted by Crippen LogP contribution is 2.28. The Morgan fingerprint density at radius 3 is 2.89 bits per heavy atom. The van der Waals surface area contributed by atoms with E-state index in [9.17, 15) is 0 Å². The van der Waals surface area contributed by atoms with E-state index in [1.165, 1.54) is 27.1 Å². The lowest BCUT2D eigenvalue weighted by molar-refractivity contribution is 0.502. The van der Waals surface area contributed by atoms with E-state index in [1.807, 2.05) is 11.3 Å². The van der Waals surface area contributed by atoms with Crippen LogP contribution in [-0.4, -0.2) is 6.54 Å². The molecule has 0 saturated heterocycles. The van der Waals surface area contributed by atoms with E-state index in [0.29, 0.717) is 6.04 Å². The van der Waals surface area contributed by atoms with Crippen LogP contribution in [0.1, 0.15) is 36.2 Å². The molecule has 2 aromatic heterocycles. The van der Waals surface area contributed by atoms with Gasteiger partial charge >= 0.3 is 0 Å². The highest BCUT2D eigenvalue weighted by Gasteiger charge is 2.12. The molecular formula is C14H18BrNS2. The summed E-state index contributed by atoms with van der Waals surface area (Å²) in [5.74, 6) is 0. The van der Waals surface area contributed by atoms with Crippen molar-refractivity contribution in [3.63, 3.8) is 0 Å². The highest BCUT2D eigenvalue weighted by molar-refractivity contribution is 9.11. The zero-order valence-corrected chi connectivity index (χ0v) is 13.7. The molecule has 0 amide bonds. The molecule has 0 aliphatic carbocycles. The Morgan fingerprint density at radius 1 is 1.39 bits per heavy atom. The minimum atomic E-state index is 0.481. The number of aryl methyl sites for hydroxylation is 1. The Morgan fingerprint density at radius 2 is 2.28 bits per heavy atom. The van der Waals surface area contributed by atoms with Gasteiger partial charge in [-0.3, -0.25) is 0 Å². The Hall–Kier alpha value is -0.160. The van der Waals surface area contributed by atoms with Gasteiger partial charge < -0.3 is 5.32 Å². The second-order valence-corrected chi connectivity index (χ2v) is 7.63. The molecule has 0 fully saturated rings. The summed E-state index contributed by atoms with van der Waals surface area (Å²) < 4.78 is 1.22. The first-order valence-electron chi connectivity index (χ1n) is 6.29. The van der Waals surface area contributed by atoms with Crippen LogP contribution in [0.2, 0.25) is 0 Å². The maximum Gasteiger partial charge on any atom is 0.0701 e. The van der Waals surface area contributed by atoms with Crippen LogP contribution < -0.4 is 5.32 Å². The van der Waals surface area contributed by atoms with Crippen molar-refractivity contribution in [2.75, 3.05) is 6.54 Å². The lowest BCUT2D eigenvalue weighted by Gasteiger charge is -2.17. The van der Waals surface area contributed by atoms with Gasteiger partial charge in [-0.05, 0) is 70.2 Å². The lowest BCUT2D eigenvalue weighted by Crippen LogP contribution is -2.22. The Bertz CT molecular complexity index is 450. The quantitative estimate of drug-likeness (QED) is 0.724. The van der Waals surface area contributed by atoms with Crippen LogP contribution in [0.15, 0.2) is 32.7 Å². The first-order chi connectivity index (χ1) is 8.79. The van der Waals surface area contributed by atoms with Crippen molar-refractivity contribution >= 4 is 38.6 Å². The third-order valence-corrected chi connectivity index (χ3v) is 5.35. The first kappa shape index (κ1) is 14.3. The molecule has 0 spiro atoms. The summed E-state index contributed by atoms with van der Waals surface area (Å²) in [6, 6.07) is 7.09. The molecule has 1 unspecified atom stereocenters. The second kappa shape index (κ2) is 7.43. The molecule has 0 aliphatic heterocycles. The van der Waals surface area contributed by atoms with Gasteiger partial charge in [0.2, 0.25) is 0 Å². The number of rotatable bonds is 7. The maximum absolute atomic E-state index is 3.65. The summed E-state index contributed by atoms with van der Waals surface area (Å²) >= 11 is 7.17. The Kier molecular flexibility index (Phi) is 5.89. The normalized spacial score (nSPS) is 12.8. The minimum Gasteiger partial charge on any atom is -0.310 e. The number of thiophene rings is 2. The van der Waals surface area contributed by atoms with Crippen molar-refractivity contribution in [1.82, 2.24) is 5.32 Å². The summed E-state index contributed by atoms with van der Waals surface area (Å²) in [4.78, 5) is 1.48. The zero-order chi connectivity index (χ0) is 12.8. The average molecular weight is 344 g/mol. The SMILES string of the molecule is CCCNC(CCc1cccs1)c1csc(Br)c1. The summed E-state index contributed by atoms with van der Waals surface area (Å²) in [6.45, 7) is 3.30. The smallest absolute Gasteiger partial charge is 0.0701 e. The zero-order valence-electron chi connectivity index (χ0n) is 10.5. The third-order valence-electron chi connectivity index (χ3n) is 2.89. The molecular weight excluding hydrogens is 326 g/mol. The van der Waals surface area contributed by atoms with Crippen molar-refractivity contribution in [3.8, 4) is 0 Å². The van der Waals surface area contributed by atoms with Crippen LogP contribution in [0.5, 0.6) is 0 Å². The van der Waals surface area contributed by atoms with Gasteiger partial charge in [-0.25, -0.2) is 0 Å². The van der Waals surface area contributed by atoms with Crippen LogP contribution in [0.4, 0.5) is 0 Å². The largest absolute Gasteiger partial charge is 0.310 e. The Balaban J connectivity index is 1.96. The third kappa shape index (κ3) is 4.19. The predicted octanol–water partition coefficient (Wildman–Crippen LogP) is 5.25. The van der Waals surface area contributed by atoms with E-state index in [0.717, 1.165) is 13.0 Å². The molecule has 2 aromatic rings. The minimum absolute atomic E-state index is 0.481. The number of hydrogen-bond donors (Lipinski definition) is 1. The van der Waals surface area contributed by atoms with Crippen LogP contribution in [0.3, 0.4) is 0 Å². The van der Waals surface area contributed by atoms with Gasteiger partial charge in [0.25, 0.3) is 0 Å². The predicted molar refractivity (Wildman–Crippen MR) is 85.7 cm³/mol. The molecule has 0 radical (unpaired) electrons. The number of hydrogen-bond acceptors (Lipinski definition) is 3. The summed E-state index contributed by atoms with van der Waals surface area (Å²) in [5.41, 5.74) is 1.41. The van der Waals surface area contributed by atoms with Crippen molar-refractivity contribution in [3.05, 3.63) is 43.2 Å². The first-order valence-corrected chi connectivity index (χ1v) is 8.84. The van der Waals surface area contributed by atoms with Crippen LogP contribution in [-0.2, 0) is 6.42 Å². The standard InChI is InChI=1S/C14H18BrNS2/c1-2-7-16-13(11-9-14(15)18-10-11)6-5-12-4-3-8-17-12/h3-4,8-10,13,16H,2,5-7H2,1H3. The van der Waals surface area contributed by atoms with Gasteiger partial charge in [0, 0.05) is 10.9 Å². The fourth-order valence-corrected chi connectivity index (χ4v) is 3.91. The molecule has 0 bridgehead atoms. The van der Waals surface area contributed by atoms with Gasteiger partial charge in [-0.2, -0.15) is 0 Å². The molecule has 0 aliphatic rings. The monoisotopic (exact) mass is 343 g/mol. The molecule has 1 N–H and O–H groups in total. The molecule has 4 heteroatoms. The van der Waals surface area contributed by atoms with Crippen molar-refractivity contribution in [2.24, 2.45) is 0 Å². The molecule has 2 heterocycles. The number of halogens is 1. The molecule has 18 heavy (non-hydrogen) atoms. The van der Waals surface area contributed by atoms with Crippen molar-refractivity contribution in [2.45, 2.75) is 32.2 Å². The average Bonchev–Trinajstić information content (AvgIpc) is 3.01. The van der Waals surface area contributed by atoms with Crippen LogP contribution in [0, 0.1) is 0 Å². The fourth-order valence-electron chi connectivity index (χ4n) is 1.95. The van der Waals surface area contributed by atoms with E-state index in [1.54, 1.807) is 11.3 Å². The van der Waals surface area contributed by atoms with Crippen molar-refractivity contribution in [1.29, 1.82) is 0 Å². The molecule has 1 nitrogen and oxygen atoms in total. The van der Waals surface area contributed by atoms with Gasteiger partial charge in [-0.15, -0.1) is 22.7 Å². The van der Waals surface area contributed by atoms with Gasteiger partial charge in [0.05, 0.1) is 3.79 Å². The van der Waals surface area contributed by atoms with E-state index in [-0.39, 0.29) is 0 Å². The summed E-state index contributed by atoms with van der Waals surface area (Å²) in [5, 5.41) is 8.07. The molecule has 1 atom stereocenters. The second-order valence-electron chi connectivity index (χ2n) is 4.31. The maximum atomic E-state index is 3.65. The van der Waals surface area contributed by atoms with Crippen molar-refractivity contribution < 1.29 is 0 Å². The van der Waals surface area contributed by atoms with Crippen LogP contribution >= 0.6 is 38.6 Å². The molecule has 0 aromatic carbocycles. The highest BCUT2D eigenvalue weighted by atomic mass is 79.9. The lowest BCUT2D eigenvalue weighted by atomic mass is 10.0. The van der Waals surface area contributed by atoms with E-state index >= 15 is 0 Å². The van der Waals surface area contributed by atoms with E-state index < -0.39 is 0 Å². The van der Waals surface area contributed by atoms with Gasteiger partial charge in [0.15, 0.2) is 0 Å². The molecule has 0 saturated carbocycles. The molecule has 2 rings (SSSR count). The summed E-state index contributed by atoms with van der Waals surface area (Å²) in [6.07, 6.45) is 3.51. The van der Waals surface area contributed by atoms with E-state index in [2.05, 4.69) is 57.1 Å². The van der Waals surface area contributed by atoms with Gasteiger partial charge in [0.1, 0.15) is 0 Å². The Labute approximate surface area is 125 Å². The van der Waals surface area contributed by atoms with Gasteiger partial charge in [-0.1, -0.05) is 13.0 Å². The topological polar surface area (TPSA) is 12.0 Å². The summed E-state index contributed by atoms with van der Waals surface area (Å²) in [7, 11) is 0. The fraction of sp³-hybridized carbons (Fsp3) is 0.429. The van der Waals surface area contributed by atoms with Crippen LogP contribution in [0.25, 0.3) is 0 Å². The van der Waals surface area contributed by atoms with E-state index in [4.69, 9.17) is 0 Å².